The zero-order chi connectivity index (χ0) is 18.0. The molecule has 0 N–H and O–H groups in total. The van der Waals surface area contributed by atoms with Crippen LogP contribution in [0.4, 0.5) is 0 Å². The maximum absolute atomic E-state index is 12.8. The molecule has 0 radical (unpaired) electrons. The van der Waals surface area contributed by atoms with Crippen molar-refractivity contribution in [2.24, 2.45) is 5.92 Å². The third kappa shape index (κ3) is 4.20. The maximum atomic E-state index is 12.8. The average molecular weight is 361 g/mol. The zero-order valence-electron chi connectivity index (χ0n) is 15.4. The summed E-state index contributed by atoms with van der Waals surface area (Å²) in [5, 5.41) is 0.572. The van der Waals surface area contributed by atoms with Crippen molar-refractivity contribution >= 4 is 23.6 Å². The molecule has 25 heavy (non-hydrogen) atoms. The quantitative estimate of drug-likeness (QED) is 0.827. The first-order valence-corrected chi connectivity index (χ1v) is 10.1. The fraction of sp³-hybridized carbons (Fsp3) is 0.600. The van der Waals surface area contributed by atoms with E-state index in [2.05, 4.69) is 31.2 Å². The van der Waals surface area contributed by atoms with E-state index >= 15 is 0 Å². The molecule has 2 heterocycles. The zero-order valence-corrected chi connectivity index (χ0v) is 16.2. The highest BCUT2D eigenvalue weighted by Gasteiger charge is 2.38. The lowest BCUT2D eigenvalue weighted by atomic mass is 10.0. The van der Waals surface area contributed by atoms with Gasteiger partial charge in [0.25, 0.3) is 0 Å². The standard InChI is InChI=1S/C20H28N2O2S/c1-14(2)22-13-16(12-19(22)23)20(24)21-10-8-17(9-11-21)25-18-7-5-4-6-15(18)3/h4-7,14,16-17H,8-13H2,1-3H3/t16-/m0/s1. The first kappa shape index (κ1) is 18.3. The Morgan fingerprint density at radius 2 is 1.88 bits per heavy atom. The van der Waals surface area contributed by atoms with Crippen LogP contribution in [-0.4, -0.2) is 52.5 Å². The highest BCUT2D eigenvalue weighted by Crippen LogP contribution is 2.33. The summed E-state index contributed by atoms with van der Waals surface area (Å²) in [6.07, 6.45) is 2.44. The first-order chi connectivity index (χ1) is 12.0. The van der Waals surface area contributed by atoms with Crippen LogP contribution in [0.25, 0.3) is 0 Å². The lowest BCUT2D eigenvalue weighted by molar-refractivity contribution is -0.136. The molecule has 0 aromatic heterocycles. The molecule has 4 nitrogen and oxygen atoms in total. The summed E-state index contributed by atoms with van der Waals surface area (Å²) in [7, 11) is 0. The summed E-state index contributed by atoms with van der Waals surface area (Å²) in [4.78, 5) is 30.0. The summed E-state index contributed by atoms with van der Waals surface area (Å²) in [6, 6.07) is 8.68. The van der Waals surface area contributed by atoms with Crippen LogP contribution in [0.5, 0.6) is 0 Å². The van der Waals surface area contributed by atoms with Gasteiger partial charge in [0, 0.05) is 42.2 Å². The number of piperidine rings is 1. The van der Waals surface area contributed by atoms with Gasteiger partial charge in [-0.15, -0.1) is 11.8 Å². The SMILES string of the molecule is Cc1ccccc1SC1CCN(C(=O)[C@H]2CC(=O)N(C(C)C)C2)CC1. The molecule has 2 saturated heterocycles. The van der Waals surface area contributed by atoms with E-state index in [9.17, 15) is 9.59 Å². The fourth-order valence-corrected chi connectivity index (χ4v) is 4.93. The fourth-order valence-electron chi connectivity index (χ4n) is 3.72. The second-order valence-electron chi connectivity index (χ2n) is 7.45. The van der Waals surface area contributed by atoms with E-state index in [1.54, 1.807) is 0 Å². The van der Waals surface area contributed by atoms with Crippen molar-refractivity contribution in [2.75, 3.05) is 19.6 Å². The monoisotopic (exact) mass is 360 g/mol. The van der Waals surface area contributed by atoms with Crippen molar-refractivity contribution in [2.45, 2.75) is 56.2 Å². The molecule has 5 heteroatoms. The normalized spacial score (nSPS) is 22.1. The number of thioether (sulfide) groups is 1. The Bertz CT molecular complexity index is 638. The third-order valence-electron chi connectivity index (χ3n) is 5.27. The van der Waals surface area contributed by atoms with Crippen molar-refractivity contribution in [1.82, 2.24) is 9.80 Å². The molecular formula is C20H28N2O2S. The van der Waals surface area contributed by atoms with Crippen molar-refractivity contribution in [3.05, 3.63) is 29.8 Å². The number of nitrogens with zero attached hydrogens (tertiary/aromatic N) is 2. The molecule has 136 valence electrons. The largest absolute Gasteiger partial charge is 0.342 e. The Balaban J connectivity index is 1.51. The molecular weight excluding hydrogens is 332 g/mol. The molecule has 1 aromatic carbocycles. The van der Waals surface area contributed by atoms with Crippen LogP contribution in [0, 0.1) is 12.8 Å². The minimum Gasteiger partial charge on any atom is -0.342 e. The predicted octanol–water partition coefficient (Wildman–Crippen LogP) is 3.34. The molecule has 2 aliphatic heterocycles. The van der Waals surface area contributed by atoms with Gasteiger partial charge in [-0.25, -0.2) is 0 Å². The van der Waals surface area contributed by atoms with E-state index < -0.39 is 0 Å². The average Bonchev–Trinajstić information content (AvgIpc) is 2.99. The number of aryl methyl sites for hydroxylation is 1. The van der Waals surface area contributed by atoms with Crippen molar-refractivity contribution in [3.8, 4) is 0 Å². The van der Waals surface area contributed by atoms with Crippen LogP contribution in [0.1, 0.15) is 38.7 Å². The smallest absolute Gasteiger partial charge is 0.227 e. The molecule has 2 amide bonds. The minimum absolute atomic E-state index is 0.123. The van der Waals surface area contributed by atoms with E-state index in [4.69, 9.17) is 0 Å². The third-order valence-corrected chi connectivity index (χ3v) is 6.79. The highest BCUT2D eigenvalue weighted by molar-refractivity contribution is 8.00. The molecule has 0 aliphatic carbocycles. The second-order valence-corrected chi connectivity index (χ2v) is 8.79. The Kier molecular flexibility index (Phi) is 5.72. The maximum Gasteiger partial charge on any atom is 0.227 e. The Morgan fingerprint density at radius 1 is 1.20 bits per heavy atom. The second kappa shape index (κ2) is 7.81. The number of amides is 2. The van der Waals surface area contributed by atoms with Gasteiger partial charge in [-0.1, -0.05) is 18.2 Å². The van der Waals surface area contributed by atoms with Gasteiger partial charge in [-0.05, 0) is 45.2 Å². The summed E-state index contributed by atoms with van der Waals surface area (Å²) >= 11 is 1.94. The molecule has 0 unspecified atom stereocenters. The molecule has 2 aliphatic rings. The molecule has 3 rings (SSSR count). The van der Waals surface area contributed by atoms with Crippen molar-refractivity contribution < 1.29 is 9.59 Å². The molecule has 1 atom stereocenters. The molecule has 0 saturated carbocycles. The van der Waals surface area contributed by atoms with Gasteiger partial charge in [-0.3, -0.25) is 9.59 Å². The van der Waals surface area contributed by atoms with E-state index in [1.165, 1.54) is 10.5 Å². The lowest BCUT2D eigenvalue weighted by Gasteiger charge is -2.33. The molecule has 0 spiro atoms. The topological polar surface area (TPSA) is 40.6 Å². The van der Waals surface area contributed by atoms with E-state index in [1.807, 2.05) is 35.4 Å². The Labute approximate surface area is 154 Å². The van der Waals surface area contributed by atoms with Crippen molar-refractivity contribution in [3.63, 3.8) is 0 Å². The summed E-state index contributed by atoms with van der Waals surface area (Å²) < 4.78 is 0. The van der Waals surface area contributed by atoms with Gasteiger partial charge < -0.3 is 9.80 Å². The minimum atomic E-state index is -0.143. The van der Waals surface area contributed by atoms with Crippen LogP contribution >= 0.6 is 11.8 Å². The van der Waals surface area contributed by atoms with Crippen LogP contribution in [-0.2, 0) is 9.59 Å². The Hall–Kier alpha value is -1.49. The molecule has 2 fully saturated rings. The number of benzene rings is 1. The molecule has 0 bridgehead atoms. The number of hydrogen-bond acceptors (Lipinski definition) is 3. The van der Waals surface area contributed by atoms with Crippen LogP contribution in [0.15, 0.2) is 29.2 Å². The van der Waals surface area contributed by atoms with Gasteiger partial charge in [0.1, 0.15) is 0 Å². The number of carbonyl (C=O) groups is 2. The van der Waals surface area contributed by atoms with Gasteiger partial charge in [0.2, 0.25) is 11.8 Å². The lowest BCUT2D eigenvalue weighted by Crippen LogP contribution is -2.43. The number of carbonyl (C=O) groups excluding carboxylic acids is 2. The van der Waals surface area contributed by atoms with Crippen LogP contribution < -0.4 is 0 Å². The number of hydrogen-bond donors (Lipinski definition) is 0. The van der Waals surface area contributed by atoms with Crippen molar-refractivity contribution in [1.29, 1.82) is 0 Å². The van der Waals surface area contributed by atoms with Crippen LogP contribution in [0.3, 0.4) is 0 Å². The summed E-state index contributed by atoms with van der Waals surface area (Å²) in [6.45, 7) is 8.40. The number of likely N-dealkylation sites (tertiary alicyclic amines) is 2. The van der Waals surface area contributed by atoms with Gasteiger partial charge >= 0.3 is 0 Å². The Morgan fingerprint density at radius 3 is 2.48 bits per heavy atom. The summed E-state index contributed by atoms with van der Waals surface area (Å²) in [5.41, 5.74) is 1.32. The predicted molar refractivity (Wildman–Crippen MR) is 102 cm³/mol. The van der Waals surface area contributed by atoms with Gasteiger partial charge in [-0.2, -0.15) is 0 Å². The highest BCUT2D eigenvalue weighted by atomic mass is 32.2. The van der Waals surface area contributed by atoms with Gasteiger partial charge in [0.15, 0.2) is 0 Å². The number of rotatable bonds is 4. The van der Waals surface area contributed by atoms with Gasteiger partial charge in [0.05, 0.1) is 5.92 Å². The summed E-state index contributed by atoms with van der Waals surface area (Å²) in [5.74, 6) is 0.157. The van der Waals surface area contributed by atoms with E-state index in [0.717, 1.165) is 25.9 Å². The van der Waals surface area contributed by atoms with E-state index in [-0.39, 0.29) is 23.8 Å². The van der Waals surface area contributed by atoms with Crippen LogP contribution in [0.2, 0.25) is 0 Å². The molecule has 1 aromatic rings. The first-order valence-electron chi connectivity index (χ1n) is 9.26. The van der Waals surface area contributed by atoms with E-state index in [0.29, 0.717) is 18.2 Å².